The summed E-state index contributed by atoms with van der Waals surface area (Å²) < 4.78 is 22.8. The summed E-state index contributed by atoms with van der Waals surface area (Å²) in [5, 5.41) is 2.94. The molecule has 0 radical (unpaired) electrons. The van der Waals surface area contributed by atoms with E-state index < -0.39 is 0 Å². The molecule has 0 fully saturated rings. The highest BCUT2D eigenvalue weighted by atomic mass is 16.7. The van der Waals surface area contributed by atoms with E-state index in [0.29, 0.717) is 24.5 Å². The van der Waals surface area contributed by atoms with Gasteiger partial charge in [-0.2, -0.15) is 0 Å². The zero-order chi connectivity index (χ0) is 22.1. The average molecular weight is 431 g/mol. The van der Waals surface area contributed by atoms with Crippen LogP contribution in [-0.4, -0.2) is 18.3 Å². The Morgan fingerprint density at radius 1 is 1.00 bits per heavy atom. The van der Waals surface area contributed by atoms with E-state index in [9.17, 15) is 4.79 Å². The molecule has 0 atom stereocenters. The van der Waals surface area contributed by atoms with Gasteiger partial charge in [0.15, 0.2) is 23.0 Å². The second-order valence-corrected chi connectivity index (χ2v) is 8.64. The second kappa shape index (κ2) is 8.11. The predicted molar refractivity (Wildman–Crippen MR) is 119 cm³/mol. The van der Waals surface area contributed by atoms with Crippen molar-refractivity contribution in [2.75, 3.05) is 6.79 Å². The van der Waals surface area contributed by atoms with Gasteiger partial charge in [0.05, 0.1) is 0 Å². The summed E-state index contributed by atoms with van der Waals surface area (Å²) in [6.07, 6.45) is 0.871. The van der Waals surface area contributed by atoms with Crippen LogP contribution in [-0.2, 0) is 19.6 Å². The normalized spacial score (nSPS) is 15.1. The SMILES string of the molecule is CC1(C)Cc2cccc(OCc3ccc(C(=O)NCc4ccc5c(c4)OCO5)cc3)c2O1. The molecule has 2 aliphatic rings. The molecule has 3 aromatic carbocycles. The van der Waals surface area contributed by atoms with Crippen molar-refractivity contribution < 1.29 is 23.7 Å². The molecule has 164 valence electrons. The van der Waals surface area contributed by atoms with Crippen molar-refractivity contribution in [3.8, 4) is 23.0 Å². The summed E-state index contributed by atoms with van der Waals surface area (Å²) in [5.74, 6) is 2.88. The quantitative estimate of drug-likeness (QED) is 0.616. The lowest BCUT2D eigenvalue weighted by molar-refractivity contribution is 0.0950. The predicted octanol–water partition coefficient (Wildman–Crippen LogP) is 4.64. The molecule has 0 saturated heterocycles. The van der Waals surface area contributed by atoms with Gasteiger partial charge in [-0.3, -0.25) is 4.79 Å². The minimum Gasteiger partial charge on any atom is -0.485 e. The van der Waals surface area contributed by atoms with E-state index in [4.69, 9.17) is 18.9 Å². The van der Waals surface area contributed by atoms with Crippen LogP contribution in [0.3, 0.4) is 0 Å². The van der Waals surface area contributed by atoms with Crippen molar-refractivity contribution in [1.29, 1.82) is 0 Å². The van der Waals surface area contributed by atoms with Crippen molar-refractivity contribution in [1.82, 2.24) is 5.32 Å². The van der Waals surface area contributed by atoms with Crippen LogP contribution >= 0.6 is 0 Å². The maximum atomic E-state index is 12.5. The fourth-order valence-electron chi connectivity index (χ4n) is 3.95. The van der Waals surface area contributed by atoms with Gasteiger partial charge in [0.25, 0.3) is 5.91 Å². The first kappa shape index (κ1) is 20.2. The van der Waals surface area contributed by atoms with Crippen molar-refractivity contribution in [2.24, 2.45) is 0 Å². The standard InChI is InChI=1S/C26H25NO5/c1-26(2)13-20-4-3-5-22(24(20)32-26)29-15-17-6-9-19(10-7-17)25(28)27-14-18-8-11-21-23(12-18)31-16-30-21/h3-12H,13-16H2,1-2H3,(H,27,28). The Hall–Kier alpha value is -3.67. The highest BCUT2D eigenvalue weighted by Crippen LogP contribution is 2.42. The van der Waals surface area contributed by atoms with E-state index >= 15 is 0 Å². The summed E-state index contributed by atoms with van der Waals surface area (Å²) in [6, 6.07) is 19.1. The van der Waals surface area contributed by atoms with E-state index in [2.05, 4.69) is 25.2 Å². The molecule has 2 aliphatic heterocycles. The molecular weight excluding hydrogens is 406 g/mol. The summed E-state index contributed by atoms with van der Waals surface area (Å²) in [4.78, 5) is 12.5. The smallest absolute Gasteiger partial charge is 0.251 e. The summed E-state index contributed by atoms with van der Waals surface area (Å²) >= 11 is 0. The molecule has 3 aromatic rings. The second-order valence-electron chi connectivity index (χ2n) is 8.64. The topological polar surface area (TPSA) is 66.0 Å². The number of nitrogens with one attached hydrogen (secondary N) is 1. The third-order valence-electron chi connectivity index (χ3n) is 5.56. The summed E-state index contributed by atoms with van der Waals surface area (Å²) in [7, 11) is 0. The molecule has 1 amide bonds. The van der Waals surface area contributed by atoms with Crippen LogP contribution in [0.1, 0.15) is 40.9 Å². The molecule has 0 aromatic heterocycles. The number of para-hydroxylation sites is 1. The first-order valence-electron chi connectivity index (χ1n) is 10.7. The molecule has 0 spiro atoms. The number of ether oxygens (including phenoxy) is 4. The van der Waals surface area contributed by atoms with Gasteiger partial charge in [-0.15, -0.1) is 0 Å². The van der Waals surface area contributed by atoms with Gasteiger partial charge in [0.1, 0.15) is 12.2 Å². The van der Waals surface area contributed by atoms with Crippen LogP contribution in [0.2, 0.25) is 0 Å². The molecule has 5 rings (SSSR count). The van der Waals surface area contributed by atoms with Gasteiger partial charge in [-0.25, -0.2) is 0 Å². The lowest BCUT2D eigenvalue weighted by atomic mass is 10.0. The Balaban J connectivity index is 1.17. The van der Waals surface area contributed by atoms with Crippen molar-refractivity contribution in [3.05, 3.63) is 82.9 Å². The molecule has 2 heterocycles. The van der Waals surface area contributed by atoms with Crippen LogP contribution < -0.4 is 24.3 Å². The molecule has 0 unspecified atom stereocenters. The molecule has 6 heteroatoms. The lowest BCUT2D eigenvalue weighted by Crippen LogP contribution is -2.24. The Bertz CT molecular complexity index is 1150. The van der Waals surface area contributed by atoms with Crippen LogP contribution in [0.15, 0.2) is 60.7 Å². The number of fused-ring (bicyclic) bond motifs is 2. The maximum absolute atomic E-state index is 12.5. The van der Waals surface area contributed by atoms with E-state index in [-0.39, 0.29) is 18.3 Å². The first-order valence-corrected chi connectivity index (χ1v) is 10.7. The van der Waals surface area contributed by atoms with Crippen molar-refractivity contribution >= 4 is 5.91 Å². The van der Waals surface area contributed by atoms with E-state index in [0.717, 1.165) is 34.8 Å². The number of carbonyl (C=O) groups excluding carboxylic acids is 1. The van der Waals surface area contributed by atoms with Crippen LogP contribution in [0, 0.1) is 0 Å². The minimum atomic E-state index is -0.211. The number of rotatable bonds is 6. The number of hydrogen-bond donors (Lipinski definition) is 1. The number of carbonyl (C=O) groups is 1. The van der Waals surface area contributed by atoms with E-state index in [1.807, 2.05) is 54.6 Å². The number of hydrogen-bond acceptors (Lipinski definition) is 5. The zero-order valence-electron chi connectivity index (χ0n) is 18.1. The average Bonchev–Trinajstić information content (AvgIpc) is 3.38. The monoisotopic (exact) mass is 431 g/mol. The zero-order valence-corrected chi connectivity index (χ0v) is 18.1. The Labute approximate surface area is 187 Å². The number of benzene rings is 3. The molecule has 6 nitrogen and oxygen atoms in total. The lowest BCUT2D eigenvalue weighted by Gasteiger charge is -2.18. The molecule has 0 bridgehead atoms. The molecule has 0 aliphatic carbocycles. The van der Waals surface area contributed by atoms with E-state index in [1.165, 1.54) is 5.56 Å². The van der Waals surface area contributed by atoms with Crippen LogP contribution in [0.25, 0.3) is 0 Å². The first-order chi connectivity index (χ1) is 15.5. The van der Waals surface area contributed by atoms with Crippen molar-refractivity contribution in [2.45, 2.75) is 39.0 Å². The highest BCUT2D eigenvalue weighted by molar-refractivity contribution is 5.94. The fraction of sp³-hybridized carbons (Fsp3) is 0.269. The summed E-state index contributed by atoms with van der Waals surface area (Å²) in [6.45, 7) is 5.20. The van der Waals surface area contributed by atoms with Gasteiger partial charge in [-0.05, 0) is 55.3 Å². The number of amides is 1. The Morgan fingerprint density at radius 3 is 2.62 bits per heavy atom. The van der Waals surface area contributed by atoms with Gasteiger partial charge in [-0.1, -0.05) is 30.3 Å². The van der Waals surface area contributed by atoms with Crippen molar-refractivity contribution in [3.63, 3.8) is 0 Å². The van der Waals surface area contributed by atoms with E-state index in [1.54, 1.807) is 0 Å². The Morgan fingerprint density at radius 2 is 1.78 bits per heavy atom. The largest absolute Gasteiger partial charge is 0.485 e. The van der Waals surface area contributed by atoms with Gasteiger partial charge < -0.3 is 24.3 Å². The third kappa shape index (κ3) is 4.21. The Kier molecular flexibility index (Phi) is 5.13. The van der Waals surface area contributed by atoms with Gasteiger partial charge >= 0.3 is 0 Å². The molecule has 1 N–H and O–H groups in total. The molecule has 0 saturated carbocycles. The van der Waals surface area contributed by atoms with Gasteiger partial charge in [0, 0.05) is 24.1 Å². The minimum absolute atomic E-state index is 0.133. The van der Waals surface area contributed by atoms with Gasteiger partial charge in [0.2, 0.25) is 6.79 Å². The highest BCUT2D eigenvalue weighted by Gasteiger charge is 2.32. The third-order valence-corrected chi connectivity index (χ3v) is 5.56. The molecular formula is C26H25NO5. The van der Waals surface area contributed by atoms with Crippen LogP contribution in [0.5, 0.6) is 23.0 Å². The molecule has 32 heavy (non-hydrogen) atoms. The maximum Gasteiger partial charge on any atom is 0.251 e. The summed E-state index contributed by atoms with van der Waals surface area (Å²) in [5.41, 5.74) is 3.49. The fourth-order valence-corrected chi connectivity index (χ4v) is 3.95. The van der Waals surface area contributed by atoms with Crippen LogP contribution in [0.4, 0.5) is 0 Å².